The van der Waals surface area contributed by atoms with Gasteiger partial charge in [-0.2, -0.15) is 5.10 Å². The number of benzene rings is 2. The Labute approximate surface area is 145 Å². The predicted molar refractivity (Wildman–Crippen MR) is 98.6 cm³/mol. The number of rotatable bonds is 1. The van der Waals surface area contributed by atoms with Crippen molar-refractivity contribution >= 4 is 22.4 Å². The molecule has 4 nitrogen and oxygen atoms in total. The third-order valence-corrected chi connectivity index (χ3v) is 5.39. The van der Waals surface area contributed by atoms with Crippen molar-refractivity contribution in [3.8, 4) is 0 Å². The molecule has 0 bridgehead atoms. The summed E-state index contributed by atoms with van der Waals surface area (Å²) in [6, 6.07) is 12.7. The van der Waals surface area contributed by atoms with Crippen molar-refractivity contribution in [1.82, 2.24) is 10.2 Å². The van der Waals surface area contributed by atoms with Crippen LogP contribution in [0.25, 0.3) is 10.9 Å². The molecule has 3 aromatic rings. The maximum atomic E-state index is 12.8. The lowest BCUT2D eigenvalue weighted by Crippen LogP contribution is -2.27. The highest BCUT2D eigenvalue weighted by Gasteiger charge is 2.36. The molecule has 0 amide bonds. The molecule has 0 spiro atoms. The summed E-state index contributed by atoms with van der Waals surface area (Å²) in [5, 5.41) is 12.0. The predicted octanol–water partition coefficient (Wildman–Crippen LogP) is 4.44. The number of allylic oxidation sites excluding steroid dienone is 2. The minimum Gasteiger partial charge on any atom is -0.358 e. The summed E-state index contributed by atoms with van der Waals surface area (Å²) in [6.07, 6.45) is 4.34. The summed E-state index contributed by atoms with van der Waals surface area (Å²) in [5.74, 6) is 0.227. The zero-order chi connectivity index (χ0) is 17.0. The number of hydrogen-bond donors (Lipinski definition) is 2. The van der Waals surface area contributed by atoms with Crippen LogP contribution in [-0.2, 0) is 4.79 Å². The van der Waals surface area contributed by atoms with E-state index in [-0.39, 0.29) is 11.7 Å². The van der Waals surface area contributed by atoms with Gasteiger partial charge >= 0.3 is 0 Å². The molecule has 5 rings (SSSR count). The number of aryl methyl sites for hydroxylation is 1. The van der Waals surface area contributed by atoms with Crippen LogP contribution < -0.4 is 5.32 Å². The van der Waals surface area contributed by atoms with Crippen molar-refractivity contribution in [2.45, 2.75) is 32.1 Å². The number of carbonyl (C=O) groups excluding carboxylic acids is 1. The van der Waals surface area contributed by atoms with E-state index in [1.54, 1.807) is 0 Å². The van der Waals surface area contributed by atoms with Crippen LogP contribution in [0.1, 0.15) is 41.9 Å². The molecule has 25 heavy (non-hydrogen) atoms. The number of H-pyrrole nitrogens is 1. The first kappa shape index (κ1) is 14.5. The van der Waals surface area contributed by atoms with Crippen LogP contribution in [0.5, 0.6) is 0 Å². The average molecular weight is 329 g/mol. The Bertz CT molecular complexity index is 1030. The Morgan fingerprint density at radius 3 is 2.76 bits per heavy atom. The van der Waals surface area contributed by atoms with E-state index in [9.17, 15) is 4.79 Å². The number of Topliss-reactive ketones (excluding diaryl/α,β-unsaturated/α-hetero) is 1. The second-order valence-corrected chi connectivity index (χ2v) is 7.00. The number of anilines is 1. The van der Waals surface area contributed by atoms with Gasteiger partial charge in [-0.15, -0.1) is 0 Å². The van der Waals surface area contributed by atoms with Crippen LogP contribution in [-0.4, -0.2) is 16.0 Å². The quantitative estimate of drug-likeness (QED) is 0.694. The van der Waals surface area contributed by atoms with E-state index in [4.69, 9.17) is 0 Å². The van der Waals surface area contributed by atoms with E-state index < -0.39 is 0 Å². The Hall–Kier alpha value is -2.88. The number of nitrogens with one attached hydrogen (secondary N) is 2. The number of nitrogens with zero attached hydrogens (tertiary/aromatic N) is 1. The van der Waals surface area contributed by atoms with E-state index in [0.717, 1.165) is 46.3 Å². The third-order valence-electron chi connectivity index (χ3n) is 5.39. The van der Waals surface area contributed by atoms with Crippen molar-refractivity contribution in [3.63, 3.8) is 0 Å². The summed E-state index contributed by atoms with van der Waals surface area (Å²) >= 11 is 0. The highest BCUT2D eigenvalue weighted by Crippen LogP contribution is 2.47. The molecule has 124 valence electrons. The summed E-state index contributed by atoms with van der Waals surface area (Å²) in [6.45, 7) is 2.09. The van der Waals surface area contributed by atoms with Gasteiger partial charge in [0.05, 0.1) is 11.7 Å². The van der Waals surface area contributed by atoms with Crippen LogP contribution >= 0.6 is 0 Å². The van der Waals surface area contributed by atoms with Crippen molar-refractivity contribution in [2.24, 2.45) is 0 Å². The van der Waals surface area contributed by atoms with E-state index in [0.29, 0.717) is 6.42 Å². The second-order valence-electron chi connectivity index (χ2n) is 7.00. The number of fused-ring (bicyclic) bond motifs is 3. The number of hydrogen-bond acceptors (Lipinski definition) is 3. The zero-order valence-electron chi connectivity index (χ0n) is 14.1. The van der Waals surface area contributed by atoms with Crippen molar-refractivity contribution in [1.29, 1.82) is 0 Å². The zero-order valence-corrected chi connectivity index (χ0v) is 14.1. The number of ketones is 1. The van der Waals surface area contributed by atoms with Gasteiger partial charge in [0, 0.05) is 40.2 Å². The lowest BCUT2D eigenvalue weighted by Gasteiger charge is -2.34. The van der Waals surface area contributed by atoms with Gasteiger partial charge in [0.1, 0.15) is 0 Å². The molecule has 1 unspecified atom stereocenters. The molecule has 0 saturated heterocycles. The van der Waals surface area contributed by atoms with Crippen LogP contribution in [0.3, 0.4) is 0 Å². The Kier molecular flexibility index (Phi) is 3.07. The van der Waals surface area contributed by atoms with Crippen LogP contribution in [0.15, 0.2) is 53.9 Å². The normalized spacial score (nSPS) is 19.6. The van der Waals surface area contributed by atoms with Gasteiger partial charge < -0.3 is 5.32 Å². The van der Waals surface area contributed by atoms with Crippen LogP contribution in [0, 0.1) is 6.92 Å². The van der Waals surface area contributed by atoms with Gasteiger partial charge in [-0.3, -0.25) is 9.89 Å². The Balaban J connectivity index is 1.82. The van der Waals surface area contributed by atoms with Crippen molar-refractivity contribution in [2.75, 3.05) is 5.32 Å². The highest BCUT2D eigenvalue weighted by molar-refractivity contribution is 6.03. The van der Waals surface area contributed by atoms with Gasteiger partial charge in [0.15, 0.2) is 5.78 Å². The van der Waals surface area contributed by atoms with Crippen molar-refractivity contribution in [3.05, 3.63) is 70.6 Å². The number of aromatic nitrogens is 2. The molecular formula is C21H19N3O. The molecule has 2 N–H and O–H groups in total. The first-order valence-corrected chi connectivity index (χ1v) is 8.78. The fourth-order valence-corrected chi connectivity index (χ4v) is 4.17. The molecule has 2 aliphatic rings. The molecule has 2 aromatic carbocycles. The highest BCUT2D eigenvalue weighted by atomic mass is 16.1. The van der Waals surface area contributed by atoms with Crippen LogP contribution in [0.2, 0.25) is 0 Å². The molecule has 0 radical (unpaired) electrons. The third kappa shape index (κ3) is 2.14. The van der Waals surface area contributed by atoms with Gasteiger partial charge in [-0.25, -0.2) is 0 Å². The minimum absolute atomic E-state index is 0.0381. The standard InChI is InChI=1S/C21H19N3O/c1-12-5-7-13(8-6-12)18-19-15(3-2-4-17(19)25)23-16-10-9-14-11-22-24-21(14)20(16)18/h5-11,18,23H,2-4H2,1H3,(H,22,24). The van der Waals surface area contributed by atoms with E-state index in [2.05, 4.69) is 58.8 Å². The molecule has 2 heterocycles. The summed E-state index contributed by atoms with van der Waals surface area (Å²) in [4.78, 5) is 12.8. The number of carbonyl (C=O) groups is 1. The molecule has 4 heteroatoms. The van der Waals surface area contributed by atoms with Gasteiger partial charge in [0.2, 0.25) is 0 Å². The largest absolute Gasteiger partial charge is 0.358 e. The van der Waals surface area contributed by atoms with Crippen molar-refractivity contribution < 1.29 is 4.79 Å². The molecule has 1 aliphatic carbocycles. The van der Waals surface area contributed by atoms with Gasteiger partial charge in [-0.1, -0.05) is 29.8 Å². The Morgan fingerprint density at radius 2 is 1.92 bits per heavy atom. The maximum absolute atomic E-state index is 12.8. The maximum Gasteiger partial charge on any atom is 0.161 e. The van der Waals surface area contributed by atoms with E-state index in [1.165, 1.54) is 11.1 Å². The molecular weight excluding hydrogens is 310 g/mol. The fourth-order valence-electron chi connectivity index (χ4n) is 4.17. The lowest BCUT2D eigenvalue weighted by molar-refractivity contribution is -0.116. The SMILES string of the molecule is Cc1ccc(C2C3=C(CCCC3=O)Nc3ccc4cn[nH]c4c32)cc1. The topological polar surface area (TPSA) is 57.8 Å². The summed E-state index contributed by atoms with van der Waals surface area (Å²) in [5.41, 5.74) is 7.64. The summed E-state index contributed by atoms with van der Waals surface area (Å²) in [7, 11) is 0. The first-order valence-electron chi connectivity index (χ1n) is 8.78. The van der Waals surface area contributed by atoms with Crippen LogP contribution in [0.4, 0.5) is 5.69 Å². The monoisotopic (exact) mass is 329 g/mol. The number of aromatic amines is 1. The average Bonchev–Trinajstić information content (AvgIpc) is 3.10. The smallest absolute Gasteiger partial charge is 0.161 e. The van der Waals surface area contributed by atoms with Gasteiger partial charge in [0.25, 0.3) is 0 Å². The molecule has 1 aliphatic heterocycles. The van der Waals surface area contributed by atoms with Gasteiger partial charge in [-0.05, 0) is 37.5 Å². The fraction of sp³-hybridized carbons (Fsp3) is 0.238. The Morgan fingerprint density at radius 1 is 1.08 bits per heavy atom. The molecule has 1 atom stereocenters. The molecule has 0 saturated carbocycles. The second kappa shape index (κ2) is 5.31. The van der Waals surface area contributed by atoms with E-state index in [1.807, 2.05) is 6.20 Å². The lowest BCUT2D eigenvalue weighted by atomic mass is 9.75. The first-order chi connectivity index (χ1) is 12.2. The minimum atomic E-state index is -0.0381. The summed E-state index contributed by atoms with van der Waals surface area (Å²) < 4.78 is 0. The molecule has 0 fully saturated rings. The van der Waals surface area contributed by atoms with E-state index >= 15 is 0 Å². The molecule has 1 aromatic heterocycles.